The lowest BCUT2D eigenvalue weighted by Crippen LogP contribution is -2.40. The van der Waals surface area contributed by atoms with Crippen molar-refractivity contribution < 1.29 is 8.78 Å². The Labute approximate surface area is 115 Å². The van der Waals surface area contributed by atoms with Gasteiger partial charge >= 0.3 is 0 Å². The molecule has 1 nitrogen and oxygen atoms in total. The SMILES string of the molecule is CCNC(CCCc1c(F)cccc1F)C(C)(C)C. The van der Waals surface area contributed by atoms with Crippen LogP contribution in [-0.2, 0) is 6.42 Å². The van der Waals surface area contributed by atoms with E-state index < -0.39 is 11.6 Å². The predicted octanol–water partition coefficient (Wildman–Crippen LogP) is 4.31. The summed E-state index contributed by atoms with van der Waals surface area (Å²) in [7, 11) is 0. The van der Waals surface area contributed by atoms with E-state index in [0.717, 1.165) is 19.4 Å². The zero-order valence-electron chi connectivity index (χ0n) is 12.4. The normalized spacial score (nSPS) is 13.6. The first kappa shape index (κ1) is 16.1. The molecule has 0 aliphatic heterocycles. The van der Waals surface area contributed by atoms with Gasteiger partial charge < -0.3 is 5.32 Å². The van der Waals surface area contributed by atoms with Crippen LogP contribution in [0.1, 0.15) is 46.1 Å². The number of benzene rings is 1. The van der Waals surface area contributed by atoms with Crippen LogP contribution < -0.4 is 5.32 Å². The molecule has 0 saturated heterocycles. The van der Waals surface area contributed by atoms with E-state index in [2.05, 4.69) is 33.0 Å². The number of halogens is 2. The highest BCUT2D eigenvalue weighted by Gasteiger charge is 2.23. The maximum atomic E-state index is 13.5. The van der Waals surface area contributed by atoms with Gasteiger partial charge in [-0.2, -0.15) is 0 Å². The van der Waals surface area contributed by atoms with Crippen LogP contribution in [-0.4, -0.2) is 12.6 Å². The molecule has 1 atom stereocenters. The minimum absolute atomic E-state index is 0.157. The topological polar surface area (TPSA) is 12.0 Å². The molecule has 0 heterocycles. The zero-order valence-corrected chi connectivity index (χ0v) is 12.4. The van der Waals surface area contributed by atoms with Gasteiger partial charge in [0.2, 0.25) is 0 Å². The van der Waals surface area contributed by atoms with Gasteiger partial charge in [-0.25, -0.2) is 8.78 Å². The zero-order chi connectivity index (χ0) is 14.5. The van der Waals surface area contributed by atoms with E-state index in [9.17, 15) is 8.78 Å². The van der Waals surface area contributed by atoms with Gasteiger partial charge in [0, 0.05) is 11.6 Å². The van der Waals surface area contributed by atoms with Crippen molar-refractivity contribution in [3.8, 4) is 0 Å². The van der Waals surface area contributed by atoms with E-state index in [4.69, 9.17) is 0 Å². The first-order chi connectivity index (χ1) is 8.86. The summed E-state index contributed by atoms with van der Waals surface area (Å²) in [6, 6.07) is 4.42. The van der Waals surface area contributed by atoms with Crippen molar-refractivity contribution in [1.29, 1.82) is 0 Å². The Morgan fingerprint density at radius 2 is 1.74 bits per heavy atom. The molecule has 0 fully saturated rings. The Balaban J connectivity index is 2.57. The highest BCUT2D eigenvalue weighted by Crippen LogP contribution is 2.24. The molecule has 1 unspecified atom stereocenters. The smallest absolute Gasteiger partial charge is 0.129 e. The molecular weight excluding hydrogens is 244 g/mol. The summed E-state index contributed by atoms with van der Waals surface area (Å²) in [5.41, 5.74) is 0.371. The van der Waals surface area contributed by atoms with E-state index in [-0.39, 0.29) is 11.0 Å². The molecular formula is C16H25F2N. The molecule has 1 rings (SSSR count). The molecule has 0 aromatic heterocycles. The third kappa shape index (κ3) is 4.90. The third-order valence-corrected chi connectivity index (χ3v) is 3.48. The minimum Gasteiger partial charge on any atom is -0.314 e. The Bertz CT molecular complexity index is 376. The van der Waals surface area contributed by atoms with Gasteiger partial charge in [-0.15, -0.1) is 0 Å². The molecule has 3 heteroatoms. The fraction of sp³-hybridized carbons (Fsp3) is 0.625. The average molecular weight is 269 g/mol. The van der Waals surface area contributed by atoms with Crippen molar-refractivity contribution in [3.63, 3.8) is 0 Å². The van der Waals surface area contributed by atoms with Gasteiger partial charge in [0.15, 0.2) is 0 Å². The van der Waals surface area contributed by atoms with Crippen molar-refractivity contribution in [1.82, 2.24) is 5.32 Å². The minimum atomic E-state index is -0.434. The molecule has 0 bridgehead atoms. The van der Waals surface area contributed by atoms with E-state index in [1.807, 2.05) is 0 Å². The molecule has 0 aliphatic rings. The molecule has 108 valence electrons. The summed E-state index contributed by atoms with van der Waals surface area (Å²) >= 11 is 0. The second-order valence-corrected chi connectivity index (χ2v) is 6.07. The van der Waals surface area contributed by atoms with E-state index >= 15 is 0 Å². The molecule has 0 radical (unpaired) electrons. The molecule has 1 aromatic carbocycles. The van der Waals surface area contributed by atoms with Crippen LogP contribution in [0.15, 0.2) is 18.2 Å². The lowest BCUT2D eigenvalue weighted by atomic mass is 9.83. The molecule has 1 N–H and O–H groups in total. The van der Waals surface area contributed by atoms with Crippen LogP contribution in [0.4, 0.5) is 8.78 Å². The molecule has 0 saturated carbocycles. The van der Waals surface area contributed by atoms with E-state index in [0.29, 0.717) is 12.5 Å². The van der Waals surface area contributed by atoms with Gasteiger partial charge in [-0.3, -0.25) is 0 Å². The van der Waals surface area contributed by atoms with Gasteiger partial charge in [-0.05, 0) is 43.4 Å². The summed E-state index contributed by atoms with van der Waals surface area (Å²) < 4.78 is 27.0. The average Bonchev–Trinajstić information content (AvgIpc) is 2.30. The largest absolute Gasteiger partial charge is 0.314 e. The van der Waals surface area contributed by atoms with Crippen LogP contribution in [0.2, 0.25) is 0 Å². The Hall–Kier alpha value is -0.960. The number of hydrogen-bond acceptors (Lipinski definition) is 1. The van der Waals surface area contributed by atoms with Crippen LogP contribution >= 0.6 is 0 Å². The fourth-order valence-corrected chi connectivity index (χ4v) is 2.34. The third-order valence-electron chi connectivity index (χ3n) is 3.48. The van der Waals surface area contributed by atoms with Crippen molar-refractivity contribution in [2.45, 2.75) is 53.0 Å². The summed E-state index contributed by atoms with van der Waals surface area (Å²) in [5.74, 6) is -0.869. The first-order valence-electron chi connectivity index (χ1n) is 7.02. The van der Waals surface area contributed by atoms with E-state index in [1.54, 1.807) is 0 Å². The van der Waals surface area contributed by atoms with Crippen LogP contribution in [0.3, 0.4) is 0 Å². The van der Waals surface area contributed by atoms with Crippen LogP contribution in [0, 0.1) is 17.0 Å². The second-order valence-electron chi connectivity index (χ2n) is 6.07. The van der Waals surface area contributed by atoms with Crippen LogP contribution in [0.25, 0.3) is 0 Å². The van der Waals surface area contributed by atoms with E-state index in [1.165, 1.54) is 18.2 Å². The lowest BCUT2D eigenvalue weighted by Gasteiger charge is -2.31. The first-order valence-corrected chi connectivity index (χ1v) is 7.02. The van der Waals surface area contributed by atoms with Crippen molar-refractivity contribution in [2.24, 2.45) is 5.41 Å². The number of nitrogens with one attached hydrogen (secondary N) is 1. The Morgan fingerprint density at radius 3 is 2.21 bits per heavy atom. The summed E-state index contributed by atoms with van der Waals surface area (Å²) in [4.78, 5) is 0. The molecule has 0 amide bonds. The maximum Gasteiger partial charge on any atom is 0.129 e. The molecule has 0 aliphatic carbocycles. The standard InChI is InChI=1S/C16H25F2N/c1-5-19-15(16(2,3)4)11-6-8-12-13(17)9-7-10-14(12)18/h7,9-10,15,19H,5-6,8,11H2,1-4H3. The maximum absolute atomic E-state index is 13.5. The molecule has 0 spiro atoms. The van der Waals surface area contributed by atoms with Gasteiger partial charge in [0.25, 0.3) is 0 Å². The Kier molecular flexibility index (Phi) is 5.92. The van der Waals surface area contributed by atoms with Crippen molar-refractivity contribution in [3.05, 3.63) is 35.4 Å². The van der Waals surface area contributed by atoms with Gasteiger partial charge in [0.05, 0.1) is 0 Å². The predicted molar refractivity (Wildman–Crippen MR) is 76.2 cm³/mol. The highest BCUT2D eigenvalue weighted by molar-refractivity contribution is 5.19. The number of rotatable bonds is 6. The second kappa shape index (κ2) is 6.99. The van der Waals surface area contributed by atoms with Gasteiger partial charge in [-0.1, -0.05) is 33.8 Å². The van der Waals surface area contributed by atoms with Crippen molar-refractivity contribution >= 4 is 0 Å². The highest BCUT2D eigenvalue weighted by atomic mass is 19.1. The number of hydrogen-bond donors (Lipinski definition) is 1. The van der Waals surface area contributed by atoms with Gasteiger partial charge in [0.1, 0.15) is 11.6 Å². The monoisotopic (exact) mass is 269 g/mol. The summed E-state index contributed by atoms with van der Waals surface area (Å²) in [5, 5.41) is 3.45. The summed E-state index contributed by atoms with van der Waals surface area (Å²) in [6.45, 7) is 9.54. The lowest BCUT2D eigenvalue weighted by molar-refractivity contribution is 0.254. The van der Waals surface area contributed by atoms with Crippen molar-refractivity contribution in [2.75, 3.05) is 6.54 Å². The summed E-state index contributed by atoms with van der Waals surface area (Å²) in [6.07, 6.45) is 2.16. The molecule has 19 heavy (non-hydrogen) atoms. The quantitative estimate of drug-likeness (QED) is 0.811. The fourth-order valence-electron chi connectivity index (χ4n) is 2.34. The molecule has 1 aromatic rings. The Morgan fingerprint density at radius 1 is 1.16 bits per heavy atom. The van der Waals surface area contributed by atoms with Crippen LogP contribution in [0.5, 0.6) is 0 Å².